The van der Waals surface area contributed by atoms with Gasteiger partial charge in [-0.25, -0.2) is 0 Å². The maximum atomic E-state index is 11.7. The molecule has 0 fully saturated rings. The van der Waals surface area contributed by atoms with Crippen molar-refractivity contribution >= 4 is 5.91 Å². The van der Waals surface area contributed by atoms with Gasteiger partial charge in [-0.2, -0.15) is 15.4 Å². The van der Waals surface area contributed by atoms with E-state index < -0.39 is 0 Å². The second kappa shape index (κ2) is 6.81. The summed E-state index contributed by atoms with van der Waals surface area (Å²) in [4.78, 5) is 13.4. The highest BCUT2D eigenvalue weighted by molar-refractivity contribution is 5.77. The zero-order valence-corrected chi connectivity index (χ0v) is 11.8. The standard InChI is InChI=1S/C14H19N5O/c1-3-19(2)13(20)10-15-9-12-14(17-18-16-12)11-7-5-4-6-8-11/h4-8,15H,3,9-10H2,1-2H3,(H,16,17,18). The lowest BCUT2D eigenvalue weighted by molar-refractivity contribution is -0.128. The highest BCUT2D eigenvalue weighted by Gasteiger charge is 2.11. The van der Waals surface area contributed by atoms with Crippen molar-refractivity contribution in [3.05, 3.63) is 36.0 Å². The van der Waals surface area contributed by atoms with E-state index in [1.165, 1.54) is 0 Å². The van der Waals surface area contributed by atoms with E-state index in [1.54, 1.807) is 11.9 Å². The minimum absolute atomic E-state index is 0.0669. The van der Waals surface area contributed by atoms with Gasteiger partial charge in [0.15, 0.2) is 0 Å². The number of nitrogens with zero attached hydrogens (tertiary/aromatic N) is 3. The number of hydrogen-bond acceptors (Lipinski definition) is 4. The van der Waals surface area contributed by atoms with Crippen LogP contribution in [0.4, 0.5) is 0 Å². The summed E-state index contributed by atoms with van der Waals surface area (Å²) in [6.45, 7) is 3.46. The van der Waals surface area contributed by atoms with Crippen LogP contribution >= 0.6 is 0 Å². The van der Waals surface area contributed by atoms with Crippen molar-refractivity contribution in [2.45, 2.75) is 13.5 Å². The van der Waals surface area contributed by atoms with E-state index in [2.05, 4.69) is 20.7 Å². The number of benzene rings is 1. The Morgan fingerprint density at radius 3 is 2.75 bits per heavy atom. The summed E-state index contributed by atoms with van der Waals surface area (Å²) in [6.07, 6.45) is 0. The van der Waals surface area contributed by atoms with E-state index in [-0.39, 0.29) is 5.91 Å². The summed E-state index contributed by atoms with van der Waals surface area (Å²) in [5, 5.41) is 14.0. The number of rotatable bonds is 6. The van der Waals surface area contributed by atoms with Gasteiger partial charge >= 0.3 is 0 Å². The van der Waals surface area contributed by atoms with Gasteiger partial charge in [-0.3, -0.25) is 4.79 Å². The average molecular weight is 273 g/mol. The molecule has 0 aliphatic rings. The van der Waals surface area contributed by atoms with E-state index in [4.69, 9.17) is 0 Å². The Morgan fingerprint density at radius 1 is 1.30 bits per heavy atom. The Morgan fingerprint density at radius 2 is 2.05 bits per heavy atom. The van der Waals surface area contributed by atoms with Gasteiger partial charge < -0.3 is 10.2 Å². The molecule has 2 aromatic rings. The van der Waals surface area contributed by atoms with Crippen molar-refractivity contribution in [3.63, 3.8) is 0 Å². The molecule has 0 bridgehead atoms. The molecule has 2 rings (SSSR count). The molecule has 1 heterocycles. The van der Waals surface area contributed by atoms with Crippen LogP contribution in [-0.2, 0) is 11.3 Å². The number of carbonyl (C=O) groups excluding carboxylic acids is 1. The predicted molar refractivity (Wildman–Crippen MR) is 76.8 cm³/mol. The molecule has 0 radical (unpaired) electrons. The van der Waals surface area contributed by atoms with Gasteiger partial charge in [0.05, 0.1) is 6.54 Å². The fourth-order valence-corrected chi connectivity index (χ4v) is 1.80. The minimum Gasteiger partial charge on any atom is -0.345 e. The Labute approximate surface area is 118 Å². The van der Waals surface area contributed by atoms with Gasteiger partial charge in [0, 0.05) is 25.7 Å². The van der Waals surface area contributed by atoms with Gasteiger partial charge in [0.25, 0.3) is 0 Å². The van der Waals surface area contributed by atoms with Crippen LogP contribution in [0.2, 0.25) is 0 Å². The van der Waals surface area contributed by atoms with E-state index in [0.717, 1.165) is 17.0 Å². The Kier molecular flexibility index (Phi) is 4.84. The number of carbonyl (C=O) groups is 1. The van der Waals surface area contributed by atoms with Crippen LogP contribution in [0.15, 0.2) is 30.3 Å². The van der Waals surface area contributed by atoms with E-state index in [9.17, 15) is 4.79 Å². The molecule has 20 heavy (non-hydrogen) atoms. The molecule has 6 heteroatoms. The van der Waals surface area contributed by atoms with Gasteiger partial charge in [0.2, 0.25) is 5.91 Å². The van der Waals surface area contributed by atoms with Crippen molar-refractivity contribution in [1.82, 2.24) is 25.6 Å². The fourth-order valence-electron chi connectivity index (χ4n) is 1.80. The predicted octanol–water partition coefficient (Wildman–Crippen LogP) is 1.04. The largest absolute Gasteiger partial charge is 0.345 e. The molecule has 0 unspecified atom stereocenters. The molecule has 0 saturated carbocycles. The first-order valence-corrected chi connectivity index (χ1v) is 6.62. The lowest BCUT2D eigenvalue weighted by Crippen LogP contribution is -2.35. The molecule has 1 aromatic heterocycles. The molecule has 2 N–H and O–H groups in total. The van der Waals surface area contributed by atoms with E-state index in [0.29, 0.717) is 19.6 Å². The zero-order chi connectivity index (χ0) is 14.4. The number of nitrogens with one attached hydrogen (secondary N) is 2. The van der Waals surface area contributed by atoms with Crippen molar-refractivity contribution in [2.75, 3.05) is 20.1 Å². The topological polar surface area (TPSA) is 73.9 Å². The molecule has 0 atom stereocenters. The van der Waals surface area contributed by atoms with Crippen molar-refractivity contribution in [1.29, 1.82) is 0 Å². The number of H-pyrrole nitrogens is 1. The van der Waals surface area contributed by atoms with Crippen LogP contribution in [-0.4, -0.2) is 46.4 Å². The monoisotopic (exact) mass is 273 g/mol. The Bertz CT molecular complexity index is 552. The highest BCUT2D eigenvalue weighted by Crippen LogP contribution is 2.18. The molecule has 1 amide bonds. The summed E-state index contributed by atoms with van der Waals surface area (Å²) < 4.78 is 0. The zero-order valence-electron chi connectivity index (χ0n) is 11.8. The van der Waals surface area contributed by atoms with Crippen LogP contribution in [0.25, 0.3) is 11.3 Å². The van der Waals surface area contributed by atoms with Crippen LogP contribution in [0, 0.1) is 0 Å². The quantitative estimate of drug-likeness (QED) is 0.824. The maximum Gasteiger partial charge on any atom is 0.236 e. The lowest BCUT2D eigenvalue weighted by Gasteiger charge is -2.14. The first-order valence-electron chi connectivity index (χ1n) is 6.62. The van der Waals surface area contributed by atoms with Crippen LogP contribution in [0.1, 0.15) is 12.6 Å². The first-order chi connectivity index (χ1) is 9.72. The van der Waals surface area contributed by atoms with Crippen LogP contribution in [0.3, 0.4) is 0 Å². The van der Waals surface area contributed by atoms with E-state index in [1.807, 2.05) is 37.3 Å². The van der Waals surface area contributed by atoms with Gasteiger partial charge in [-0.05, 0) is 6.92 Å². The average Bonchev–Trinajstić information content (AvgIpc) is 2.95. The summed E-state index contributed by atoms with van der Waals surface area (Å²) in [5.74, 6) is 0.0669. The lowest BCUT2D eigenvalue weighted by atomic mass is 10.1. The SMILES string of the molecule is CCN(C)C(=O)CNCc1n[nH]nc1-c1ccccc1. The summed E-state index contributed by atoms with van der Waals surface area (Å²) in [5.41, 5.74) is 2.63. The normalized spacial score (nSPS) is 10.5. The molecule has 1 aromatic carbocycles. The second-order valence-electron chi connectivity index (χ2n) is 4.50. The fraction of sp³-hybridized carbons (Fsp3) is 0.357. The van der Waals surface area contributed by atoms with Crippen LogP contribution in [0.5, 0.6) is 0 Å². The molecular weight excluding hydrogens is 254 g/mol. The molecule has 0 aliphatic carbocycles. The number of likely N-dealkylation sites (N-methyl/N-ethyl adjacent to an activating group) is 1. The Balaban J connectivity index is 1.95. The molecule has 0 aliphatic heterocycles. The molecule has 0 saturated heterocycles. The third-order valence-electron chi connectivity index (χ3n) is 3.14. The second-order valence-corrected chi connectivity index (χ2v) is 4.50. The van der Waals surface area contributed by atoms with Crippen molar-refractivity contribution in [3.8, 4) is 11.3 Å². The number of hydrogen-bond donors (Lipinski definition) is 2. The third-order valence-corrected chi connectivity index (χ3v) is 3.14. The molecule has 6 nitrogen and oxygen atoms in total. The minimum atomic E-state index is 0.0669. The number of amides is 1. The van der Waals surface area contributed by atoms with Gasteiger partial charge in [-0.1, -0.05) is 30.3 Å². The molecule has 106 valence electrons. The number of aromatic amines is 1. The summed E-state index contributed by atoms with van der Waals surface area (Å²) in [6, 6.07) is 9.84. The highest BCUT2D eigenvalue weighted by atomic mass is 16.2. The third kappa shape index (κ3) is 3.42. The van der Waals surface area contributed by atoms with Gasteiger partial charge in [0.1, 0.15) is 11.4 Å². The Hall–Kier alpha value is -2.21. The van der Waals surface area contributed by atoms with Crippen molar-refractivity contribution < 1.29 is 4.79 Å². The van der Waals surface area contributed by atoms with Gasteiger partial charge in [-0.15, -0.1) is 0 Å². The smallest absolute Gasteiger partial charge is 0.236 e. The number of aromatic nitrogens is 3. The maximum absolute atomic E-state index is 11.7. The first kappa shape index (κ1) is 14.2. The van der Waals surface area contributed by atoms with Crippen LogP contribution < -0.4 is 5.32 Å². The van der Waals surface area contributed by atoms with Crippen molar-refractivity contribution in [2.24, 2.45) is 0 Å². The molecule has 0 spiro atoms. The molecular formula is C14H19N5O. The summed E-state index contributed by atoms with van der Waals surface area (Å²) >= 11 is 0. The summed E-state index contributed by atoms with van der Waals surface area (Å²) in [7, 11) is 1.79. The van der Waals surface area contributed by atoms with E-state index >= 15 is 0 Å².